The normalized spacial score (nSPS) is 10.7. The molecule has 2 aromatic rings. The molecule has 0 bridgehead atoms. The molecule has 3 nitrogen and oxygen atoms in total. The van der Waals surface area contributed by atoms with Crippen molar-refractivity contribution in [3.8, 4) is 11.5 Å². The average Bonchev–Trinajstić information content (AvgIpc) is 2.43. The van der Waals surface area contributed by atoms with Crippen LogP contribution < -0.4 is 4.74 Å². The number of halogens is 4. The third-order valence-corrected chi connectivity index (χ3v) is 2.50. The maximum atomic E-state index is 13.3. The molecule has 0 aliphatic rings. The molecule has 0 spiro atoms. The Hall–Kier alpha value is -2.15. The summed E-state index contributed by atoms with van der Waals surface area (Å²) in [6.45, 7) is -0.0514. The van der Waals surface area contributed by atoms with Crippen LogP contribution in [0.25, 0.3) is 0 Å². The van der Waals surface area contributed by atoms with Gasteiger partial charge in [-0.15, -0.1) is 0 Å². The first-order valence-corrected chi connectivity index (χ1v) is 5.60. The molecule has 1 heterocycles. The van der Waals surface area contributed by atoms with Gasteiger partial charge in [0.05, 0.1) is 0 Å². The van der Waals surface area contributed by atoms with E-state index in [1.54, 1.807) is 12.1 Å². The van der Waals surface area contributed by atoms with E-state index in [1.165, 1.54) is 12.1 Å². The van der Waals surface area contributed by atoms with Gasteiger partial charge in [-0.05, 0) is 24.1 Å². The molecule has 0 aliphatic heterocycles. The van der Waals surface area contributed by atoms with Gasteiger partial charge in [-0.25, -0.2) is 0 Å². The lowest BCUT2D eigenvalue weighted by atomic mass is 10.1. The minimum Gasteiger partial charge on any atom is -0.451 e. The smallest absolute Gasteiger partial charge is 0.255 e. The van der Waals surface area contributed by atoms with Crippen LogP contribution >= 0.6 is 0 Å². The zero-order chi connectivity index (χ0) is 14.7. The summed E-state index contributed by atoms with van der Waals surface area (Å²) < 4.78 is 57.2. The molecule has 0 atom stereocenters. The van der Waals surface area contributed by atoms with Crippen molar-refractivity contribution in [2.24, 2.45) is 0 Å². The molecule has 2 rings (SSSR count). The Bertz CT molecular complexity index is 591. The number of aliphatic hydroxyl groups excluding tert-OH is 1. The Balaban J connectivity index is 2.30. The number of rotatable bonds is 4. The van der Waals surface area contributed by atoms with E-state index in [4.69, 9.17) is 9.84 Å². The van der Waals surface area contributed by atoms with Crippen LogP contribution in [-0.4, -0.2) is 16.7 Å². The van der Waals surface area contributed by atoms with Gasteiger partial charge in [0.1, 0.15) is 5.75 Å². The van der Waals surface area contributed by atoms with Crippen molar-refractivity contribution in [2.45, 2.75) is 6.42 Å². The molecule has 0 saturated carbocycles. The van der Waals surface area contributed by atoms with E-state index >= 15 is 0 Å². The predicted octanol–water partition coefficient (Wildman–Crippen LogP) is 2.97. The number of benzene rings is 1. The van der Waals surface area contributed by atoms with Crippen LogP contribution in [0.1, 0.15) is 5.56 Å². The average molecular weight is 287 g/mol. The van der Waals surface area contributed by atoms with E-state index in [9.17, 15) is 17.6 Å². The monoisotopic (exact) mass is 287 g/mol. The number of pyridine rings is 1. The summed E-state index contributed by atoms with van der Waals surface area (Å²) >= 11 is 0. The third-order valence-electron chi connectivity index (χ3n) is 2.50. The number of aliphatic hydroxyl groups is 1. The third kappa shape index (κ3) is 2.88. The van der Waals surface area contributed by atoms with E-state index in [0.29, 0.717) is 6.42 Å². The highest BCUT2D eigenvalue weighted by atomic mass is 19.2. The minimum absolute atomic E-state index is 0.00510. The largest absolute Gasteiger partial charge is 0.451 e. The van der Waals surface area contributed by atoms with Gasteiger partial charge < -0.3 is 9.84 Å². The summed E-state index contributed by atoms with van der Waals surface area (Å²) in [5.41, 5.74) is 0.771. The molecule has 106 valence electrons. The lowest BCUT2D eigenvalue weighted by molar-refractivity contribution is 0.299. The Labute approximate surface area is 111 Å². The molecule has 0 aliphatic carbocycles. The van der Waals surface area contributed by atoms with Gasteiger partial charge in [0.2, 0.25) is 17.4 Å². The van der Waals surface area contributed by atoms with Crippen LogP contribution in [0.15, 0.2) is 24.3 Å². The molecule has 0 amide bonds. The first kappa shape index (κ1) is 14.3. The van der Waals surface area contributed by atoms with Gasteiger partial charge in [-0.1, -0.05) is 12.1 Å². The van der Waals surface area contributed by atoms with Gasteiger partial charge in [0.25, 0.3) is 11.9 Å². The van der Waals surface area contributed by atoms with E-state index < -0.39 is 29.3 Å². The van der Waals surface area contributed by atoms with Crippen molar-refractivity contribution >= 4 is 0 Å². The van der Waals surface area contributed by atoms with Gasteiger partial charge in [0, 0.05) is 6.61 Å². The Morgan fingerprint density at radius 2 is 1.50 bits per heavy atom. The fourth-order valence-electron chi connectivity index (χ4n) is 1.53. The van der Waals surface area contributed by atoms with Gasteiger partial charge in [-0.2, -0.15) is 22.5 Å². The van der Waals surface area contributed by atoms with Crippen LogP contribution in [0, 0.1) is 23.5 Å². The molecular formula is C13H9F4NO2. The first-order chi connectivity index (χ1) is 9.52. The molecular weight excluding hydrogens is 278 g/mol. The van der Waals surface area contributed by atoms with Crippen molar-refractivity contribution < 1.29 is 27.4 Å². The zero-order valence-electron chi connectivity index (χ0n) is 10.0. The summed E-state index contributed by atoms with van der Waals surface area (Å²) in [5.74, 6) is -8.17. The van der Waals surface area contributed by atoms with Gasteiger partial charge in [0.15, 0.2) is 0 Å². The Morgan fingerprint density at radius 1 is 0.950 bits per heavy atom. The van der Waals surface area contributed by atoms with Crippen LogP contribution in [0.4, 0.5) is 17.6 Å². The van der Waals surface area contributed by atoms with Crippen LogP contribution in [0.5, 0.6) is 11.5 Å². The second-order valence-electron chi connectivity index (χ2n) is 3.87. The number of aromatic nitrogens is 1. The number of hydrogen-bond donors (Lipinski definition) is 1. The maximum absolute atomic E-state index is 13.3. The van der Waals surface area contributed by atoms with Crippen LogP contribution in [0.3, 0.4) is 0 Å². The van der Waals surface area contributed by atoms with Crippen molar-refractivity contribution in [1.82, 2.24) is 4.98 Å². The second kappa shape index (κ2) is 5.87. The summed E-state index contributed by atoms with van der Waals surface area (Å²) in [5, 5.41) is 8.74. The van der Waals surface area contributed by atoms with E-state index in [-0.39, 0.29) is 12.4 Å². The fraction of sp³-hybridized carbons (Fsp3) is 0.154. The Morgan fingerprint density at radius 3 is 2.00 bits per heavy atom. The number of nitrogens with zero attached hydrogens (tertiary/aromatic N) is 1. The molecule has 0 fully saturated rings. The first-order valence-electron chi connectivity index (χ1n) is 5.60. The van der Waals surface area contributed by atoms with E-state index in [0.717, 1.165) is 5.56 Å². The van der Waals surface area contributed by atoms with Crippen LogP contribution in [-0.2, 0) is 6.42 Å². The lowest BCUT2D eigenvalue weighted by Crippen LogP contribution is -2.03. The SMILES string of the molecule is OCCc1ccc(Oc2c(F)c(F)nc(F)c2F)cc1. The number of hydrogen-bond acceptors (Lipinski definition) is 3. The molecule has 20 heavy (non-hydrogen) atoms. The fourth-order valence-corrected chi connectivity index (χ4v) is 1.53. The van der Waals surface area contributed by atoms with Crippen molar-refractivity contribution in [1.29, 1.82) is 0 Å². The van der Waals surface area contributed by atoms with Crippen molar-refractivity contribution in [2.75, 3.05) is 6.61 Å². The molecule has 1 N–H and O–H groups in total. The van der Waals surface area contributed by atoms with E-state index in [2.05, 4.69) is 4.98 Å². The van der Waals surface area contributed by atoms with Gasteiger partial charge >= 0.3 is 0 Å². The zero-order valence-corrected chi connectivity index (χ0v) is 10.0. The van der Waals surface area contributed by atoms with Crippen molar-refractivity contribution in [3.63, 3.8) is 0 Å². The molecule has 0 unspecified atom stereocenters. The summed E-state index contributed by atoms with van der Waals surface area (Å²) in [6, 6.07) is 5.82. The highest BCUT2D eigenvalue weighted by molar-refractivity contribution is 5.34. The van der Waals surface area contributed by atoms with Gasteiger partial charge in [-0.3, -0.25) is 0 Å². The van der Waals surface area contributed by atoms with E-state index in [1.807, 2.05) is 0 Å². The summed E-state index contributed by atoms with van der Waals surface area (Å²) in [6.07, 6.45) is 0.404. The quantitative estimate of drug-likeness (QED) is 0.694. The topological polar surface area (TPSA) is 42.4 Å². The standard InChI is InChI=1S/C13H9F4NO2/c14-9-11(10(15)13(17)18-12(9)16)20-8-3-1-7(2-4-8)5-6-19/h1-4,19H,5-6H2. The highest BCUT2D eigenvalue weighted by Gasteiger charge is 2.22. The Kier molecular flexibility index (Phi) is 4.19. The maximum Gasteiger partial charge on any atom is 0.255 e. The predicted molar refractivity (Wildman–Crippen MR) is 61.4 cm³/mol. The highest BCUT2D eigenvalue weighted by Crippen LogP contribution is 2.29. The second-order valence-corrected chi connectivity index (χ2v) is 3.87. The molecule has 1 aromatic heterocycles. The number of ether oxygens (including phenoxy) is 1. The molecule has 7 heteroatoms. The lowest BCUT2D eigenvalue weighted by Gasteiger charge is -2.09. The molecule has 1 aromatic carbocycles. The van der Waals surface area contributed by atoms with Crippen molar-refractivity contribution in [3.05, 3.63) is 53.4 Å². The minimum atomic E-state index is -1.78. The molecule has 0 radical (unpaired) electrons. The van der Waals surface area contributed by atoms with Crippen LogP contribution in [0.2, 0.25) is 0 Å². The summed E-state index contributed by atoms with van der Waals surface area (Å²) in [7, 11) is 0. The molecule has 0 saturated heterocycles. The summed E-state index contributed by atoms with van der Waals surface area (Å²) in [4.78, 5) is 2.42.